The van der Waals surface area contributed by atoms with Crippen molar-refractivity contribution in [1.29, 1.82) is 0 Å². The van der Waals surface area contributed by atoms with Crippen molar-refractivity contribution in [3.05, 3.63) is 0 Å². The van der Waals surface area contributed by atoms with Gasteiger partial charge in [-0.1, -0.05) is 11.7 Å². The predicted molar refractivity (Wildman–Crippen MR) is 756 cm³/mol. The van der Waals surface area contributed by atoms with Crippen molar-refractivity contribution in [3.63, 3.8) is 0 Å². The largest absolute Gasteiger partial charge is 0.238 e. The first-order valence-corrected chi connectivity index (χ1v) is 148. The molecule has 0 saturated carbocycles. The molecule has 0 radical (unpaired) electrons. The highest BCUT2D eigenvalue weighted by Crippen LogP contribution is 2.74. The molecular formula is H2O2S99. The molecule has 0 fully saturated rings. The van der Waals surface area contributed by atoms with E-state index in [1.807, 2.05) is 727 Å². The van der Waals surface area contributed by atoms with E-state index in [4.69, 9.17) is 27.6 Å². The Balaban J connectivity index is 3.10. The first kappa shape index (κ1) is 135. The van der Waals surface area contributed by atoms with Crippen molar-refractivity contribution in [3.8, 4) is 0 Å². The lowest BCUT2D eigenvalue weighted by Gasteiger charge is -2.01. The highest BCUT2D eigenvalue weighted by molar-refractivity contribution is 9.68. The molecule has 0 unspecified atom stereocenters. The Labute approximate surface area is 955 Å². The molecule has 608 valence electrons. The van der Waals surface area contributed by atoms with Crippen molar-refractivity contribution in [2.24, 2.45) is 0 Å². The molecule has 0 aliphatic heterocycles. The molecule has 0 amide bonds. The third-order valence-corrected chi connectivity index (χ3v) is 218. The Bertz CT molecular complexity index is 1500. The van der Waals surface area contributed by atoms with Gasteiger partial charge in [0.1, 0.15) is 6.46 Å². The van der Waals surface area contributed by atoms with Crippen LogP contribution in [0.4, 0.5) is 0 Å². The highest BCUT2D eigenvalue weighted by Gasteiger charge is 2.10. The van der Waals surface area contributed by atoms with Crippen molar-refractivity contribution in [2.75, 3.05) is 0 Å². The molecule has 0 aliphatic carbocycles. The van der Waals surface area contributed by atoms with Crippen LogP contribution >= 0.6 is 945 Å². The second kappa shape index (κ2) is 128. The molecular weight excluding hydrogens is 3210 g/mol. The van der Waals surface area contributed by atoms with Crippen LogP contribution in [0.1, 0.15) is 0 Å². The van der Waals surface area contributed by atoms with Gasteiger partial charge in [0.2, 0.25) is 0 Å². The molecule has 0 rings (SSSR count). The topological polar surface area (TPSA) is 29.5 Å². The zero-order chi connectivity index (χ0) is 72.4. The average molecular weight is 3210 g/mol. The lowest BCUT2D eigenvalue weighted by atomic mass is 15.0. The summed E-state index contributed by atoms with van der Waals surface area (Å²) in [5, 5.41) is 8.62. The molecule has 101 heteroatoms. The summed E-state index contributed by atoms with van der Waals surface area (Å²) in [6, 6.07) is 0. The standard InChI is InChI=1S/H2O2S99/c1-2-101(4,5)100-99-98-97-96-95-94-93-92-91-90-89-88-87-86-85-84-83-82-81-80-79-78-77-76-75-74-73-72-71-70-69-68-67-66-65-64-63-62-61-60-59-58-57-56-55-54-53-52-51-50-49-48-47-46-45-44-43-42-41-40-39-38-37-36-35-34-33-32-31-30-29-28-27-26-25-24-23-22-21-20-19-18-17-16-15-14-13-12-11-10-9-8-7-6-3/h1,3H. The van der Waals surface area contributed by atoms with Crippen LogP contribution in [0, 0.1) is 0 Å². The second-order valence-electron chi connectivity index (χ2n) is 6.95. The molecule has 0 aromatic heterocycles. The maximum absolute atomic E-state index is 8.62. The highest BCUT2D eigenvalue weighted by atomic mass is 34.2. The minimum absolute atomic E-state index is 1.21. The molecule has 0 heterocycles. The molecule has 1 N–H and O–H groups in total. The van der Waals surface area contributed by atoms with Gasteiger partial charge in [-0.3, -0.25) is 0 Å². The van der Waals surface area contributed by atoms with Crippen LogP contribution in [-0.2, 0) is 33.2 Å². The molecule has 0 atom stereocenters. The first-order chi connectivity index (χ1) is 50.1. The van der Waals surface area contributed by atoms with Gasteiger partial charge in [0.25, 0.3) is 0 Å². The number of rotatable bonds is 96. The molecule has 0 spiro atoms. The zero-order valence-electron chi connectivity index (χ0n) is 41.3. The van der Waals surface area contributed by atoms with Crippen molar-refractivity contribution >= 4 is 974 Å². The fourth-order valence-electron chi connectivity index (χ4n) is 1.10. The van der Waals surface area contributed by atoms with Crippen LogP contribution in [-0.4, -0.2) is 5.26 Å². The molecule has 0 bridgehead atoms. The maximum Gasteiger partial charge on any atom is 0.115 e. The first-order valence-electron chi connectivity index (χ1n) is 16.7. The van der Waals surface area contributed by atoms with E-state index in [0.717, 1.165) is 0 Å². The second-order valence-corrected chi connectivity index (χ2v) is 182. The Hall–Kier alpha value is 34.3. The predicted octanol–water partition coefficient (Wildman–Crippen LogP) is 61.9. The molecule has 101 heavy (non-hydrogen) atoms. The molecule has 2 nitrogen and oxygen atoms in total. The van der Waals surface area contributed by atoms with E-state index in [2.05, 4.69) is 16.0 Å². The fourth-order valence-corrected chi connectivity index (χ4v) is 263. The van der Waals surface area contributed by atoms with Gasteiger partial charge < -0.3 is 0 Å². The lowest BCUT2D eigenvalue weighted by Crippen LogP contribution is -1.88. The molecule has 0 aliphatic rings. The summed E-state index contributed by atoms with van der Waals surface area (Å²) in [5.41, 5.74) is 0. The summed E-state index contributed by atoms with van der Waals surface area (Å²) in [6.07, 6.45) is 0. The molecule has 0 aromatic carbocycles. The van der Waals surface area contributed by atoms with E-state index in [1.54, 1.807) is 177 Å². The van der Waals surface area contributed by atoms with Gasteiger partial charge in [-0.25, -0.2) is 5.26 Å². The summed E-state index contributed by atoms with van der Waals surface area (Å²) in [6.45, 7) is -2.25. The van der Waals surface area contributed by atoms with Gasteiger partial charge in [0.05, 0.1) is 0 Å². The Morgan fingerprint density at radius 2 is 0.208 bits per heavy atom. The van der Waals surface area contributed by atoms with Gasteiger partial charge in [0, 0.05) is 855 Å². The van der Waals surface area contributed by atoms with Crippen molar-refractivity contribution < 1.29 is 9.59 Å². The summed E-state index contributed by atoms with van der Waals surface area (Å²) in [5.74, 6) is 0. The van der Waals surface area contributed by atoms with Crippen LogP contribution in [0.15, 0.2) is 0 Å². The smallest absolute Gasteiger partial charge is 0.115 e. The molecule has 0 aromatic rings. The third-order valence-electron chi connectivity index (χ3n) is 2.79. The van der Waals surface area contributed by atoms with Gasteiger partial charge in [-0.2, -0.15) is 0 Å². The Morgan fingerprint density at radius 1 is 0.139 bits per heavy atom. The van der Waals surface area contributed by atoms with Crippen molar-refractivity contribution in [2.45, 2.75) is 0 Å². The number of hydrogen-bond donors (Lipinski definition) is 2. The van der Waals surface area contributed by atoms with Gasteiger partial charge in [-0.15, -0.1) is 4.33 Å². The van der Waals surface area contributed by atoms with E-state index >= 15 is 0 Å². The maximum atomic E-state index is 8.62. The zero-order valence-corrected chi connectivity index (χ0v) is 122. The van der Waals surface area contributed by atoms with Gasteiger partial charge in [0.15, 0.2) is 0 Å². The van der Waals surface area contributed by atoms with Crippen LogP contribution in [0.2, 0.25) is 0 Å². The van der Waals surface area contributed by atoms with E-state index in [-0.39, 0.29) is 0 Å². The minimum Gasteiger partial charge on any atom is -0.238 e. The van der Waals surface area contributed by atoms with Crippen LogP contribution in [0.25, 0.3) is 0 Å². The average Bonchev–Trinajstić information content (AvgIpc) is 2.88. The Morgan fingerprint density at radius 3 is 0.277 bits per heavy atom. The van der Waals surface area contributed by atoms with E-state index in [9.17, 15) is 0 Å². The van der Waals surface area contributed by atoms with Crippen LogP contribution in [0.5, 0.6) is 0 Å². The third kappa shape index (κ3) is 130. The summed E-state index contributed by atoms with van der Waals surface area (Å²) in [4.78, 5) is 0. The lowest BCUT2D eigenvalue weighted by molar-refractivity contribution is -0.117. The minimum atomic E-state index is -2.25. The van der Waals surface area contributed by atoms with Gasteiger partial charge in [-0.05, 0) is 101 Å². The molecule has 0 saturated heterocycles. The normalized spacial score (nSPS) is 12.0. The van der Waals surface area contributed by atoms with Crippen LogP contribution < -0.4 is 0 Å². The van der Waals surface area contributed by atoms with E-state index in [0.29, 0.717) is 0 Å². The Kier molecular flexibility index (Phi) is 172. The van der Waals surface area contributed by atoms with Crippen molar-refractivity contribution in [1.82, 2.24) is 0 Å². The van der Waals surface area contributed by atoms with Crippen LogP contribution in [0.3, 0.4) is 0 Å². The number of thiol groups is 1. The van der Waals surface area contributed by atoms with E-state index < -0.39 is 6.46 Å². The summed E-state index contributed by atoms with van der Waals surface area (Å²) in [7, 11) is 171. The van der Waals surface area contributed by atoms with E-state index in [1.165, 1.54) is 29.5 Å². The number of hydrogen-bond acceptors (Lipinski definition) is 100. The monoisotopic (exact) mass is 3200 g/mol. The fraction of sp³-hybridized carbons (Fsp3) is 0. The SMILES string of the molecule is OOS(=S)(=S)SSSSSSSSSSSSSSSSSSSSSSSSSSSSSSSSSSSSSSSSSSSSSSSSSSSSSSSSSSSSSSSSSSSSSSSSSSSSSSSSSSSSSSSSSSSSSSSS. The summed E-state index contributed by atoms with van der Waals surface area (Å²) >= 11 is 14.0. The van der Waals surface area contributed by atoms with Gasteiger partial charge >= 0.3 is 0 Å². The summed E-state index contributed by atoms with van der Waals surface area (Å²) < 4.78 is 4.12. The quantitative estimate of drug-likeness (QED) is 0.0199.